The van der Waals surface area contributed by atoms with E-state index in [1.54, 1.807) is 0 Å². The number of alkyl halides is 10. The van der Waals surface area contributed by atoms with Gasteiger partial charge in [0.1, 0.15) is 0 Å². The van der Waals surface area contributed by atoms with Crippen LogP contribution in [0, 0.1) is 23.2 Å². The Kier molecular flexibility index (Phi) is 9.01. The summed E-state index contributed by atoms with van der Waals surface area (Å²) in [7, 11) is -6.58. The molecular weight excluding hydrogens is 614 g/mol. The largest absolute Gasteiger partial charge is 0.468 e. The lowest BCUT2D eigenvalue weighted by Gasteiger charge is -2.55. The fraction of sp³-hybridized carbons (Fsp3) is 0.909. The first-order chi connectivity index (χ1) is 18.4. The molecule has 8 nitrogen and oxygen atoms in total. The van der Waals surface area contributed by atoms with Crippen LogP contribution in [0.3, 0.4) is 0 Å². The molecule has 0 spiro atoms. The van der Waals surface area contributed by atoms with Gasteiger partial charge in [-0.15, -0.1) is 0 Å². The highest BCUT2D eigenvalue weighted by Crippen LogP contribution is 2.61. The molecule has 1 unspecified atom stereocenters. The van der Waals surface area contributed by atoms with Crippen LogP contribution >= 0.6 is 0 Å². The fourth-order valence-electron chi connectivity index (χ4n) is 6.23. The summed E-state index contributed by atoms with van der Waals surface area (Å²) in [4.78, 5) is 25.6. The van der Waals surface area contributed by atoms with Crippen molar-refractivity contribution in [1.29, 1.82) is 0 Å². The quantitative estimate of drug-likeness (QED) is 0.0990. The predicted octanol–water partition coefficient (Wildman–Crippen LogP) is 5.41. The number of unbranched alkanes of at least 4 members (excludes halogenated alkanes) is 1. The topological polar surface area (TPSA) is 116 Å². The van der Waals surface area contributed by atoms with Crippen LogP contribution in [0.2, 0.25) is 0 Å². The molecule has 4 aliphatic carbocycles. The molecule has 4 rings (SSSR count). The minimum Gasteiger partial charge on any atom is -0.451 e. The maximum absolute atomic E-state index is 14.3. The van der Waals surface area contributed by atoms with Gasteiger partial charge in [0.2, 0.25) is 0 Å². The molecule has 4 saturated carbocycles. The average Bonchev–Trinajstić information content (AvgIpc) is 2.78. The highest BCUT2D eigenvalue weighted by molar-refractivity contribution is 7.87. The van der Waals surface area contributed by atoms with Gasteiger partial charge in [-0.1, -0.05) is 0 Å². The van der Waals surface area contributed by atoms with Crippen LogP contribution in [0.1, 0.15) is 57.8 Å². The molecule has 0 aliphatic heterocycles. The van der Waals surface area contributed by atoms with Gasteiger partial charge in [0, 0.05) is 6.42 Å². The Hall–Kier alpha value is -1.89. The Morgan fingerprint density at radius 1 is 0.829 bits per heavy atom. The molecule has 1 N–H and O–H groups in total. The van der Waals surface area contributed by atoms with Gasteiger partial charge in [-0.2, -0.15) is 52.3 Å². The van der Waals surface area contributed by atoms with Crippen LogP contribution < -0.4 is 0 Å². The summed E-state index contributed by atoms with van der Waals surface area (Å²) in [6, 6.07) is 0. The van der Waals surface area contributed by atoms with E-state index in [1.165, 1.54) is 0 Å². The van der Waals surface area contributed by atoms with Crippen LogP contribution in [-0.4, -0.2) is 67.4 Å². The maximum Gasteiger partial charge on any atom is 0.468 e. The number of rotatable bonds is 12. The summed E-state index contributed by atoms with van der Waals surface area (Å²) in [5.74, 6) is -14.6. The lowest BCUT2D eigenvalue weighted by Crippen LogP contribution is -2.61. The van der Waals surface area contributed by atoms with Crippen LogP contribution in [0.25, 0.3) is 0 Å². The lowest BCUT2D eigenvalue weighted by atomic mass is 9.49. The van der Waals surface area contributed by atoms with Crippen LogP contribution in [-0.2, 0) is 33.9 Å². The molecule has 1 atom stereocenters. The molecule has 0 amide bonds. The third-order valence-corrected chi connectivity index (χ3v) is 8.60. The molecule has 0 saturated heterocycles. The number of hydrogen-bond donors (Lipinski definition) is 1. The van der Waals surface area contributed by atoms with Gasteiger partial charge in [0.05, 0.1) is 12.0 Å². The second-order valence-corrected chi connectivity index (χ2v) is 12.4. The SMILES string of the molecule is O=C(OC(OCCCCC(F)(F)C(F)(F)S(=O)(=O)O)(C(=O)OCC(F)(F)F)C(F)(F)F)C12CC3CC(CC(C3)C1)C2. The van der Waals surface area contributed by atoms with Gasteiger partial charge in [0.25, 0.3) is 0 Å². The van der Waals surface area contributed by atoms with E-state index >= 15 is 0 Å². The number of carbonyl (C=O) groups excluding carboxylic acids is 2. The van der Waals surface area contributed by atoms with E-state index in [2.05, 4.69) is 14.2 Å². The summed E-state index contributed by atoms with van der Waals surface area (Å²) in [6.45, 7) is -3.98. The number of carbonyl (C=O) groups is 2. The molecule has 0 aromatic rings. The summed E-state index contributed by atoms with van der Waals surface area (Å²) in [5.41, 5.74) is -1.47. The van der Waals surface area contributed by atoms with Crippen LogP contribution in [0.4, 0.5) is 43.9 Å². The third-order valence-electron chi connectivity index (χ3n) is 7.66. The molecule has 0 heterocycles. The first kappa shape index (κ1) is 33.6. The molecule has 19 heteroatoms. The highest BCUT2D eigenvalue weighted by atomic mass is 32.2. The monoisotopic (exact) mass is 640 g/mol. The van der Waals surface area contributed by atoms with Crippen molar-refractivity contribution in [3.05, 3.63) is 0 Å². The van der Waals surface area contributed by atoms with Crippen LogP contribution in [0.5, 0.6) is 0 Å². The summed E-state index contributed by atoms with van der Waals surface area (Å²) in [6.07, 6.45) is -13.1. The summed E-state index contributed by atoms with van der Waals surface area (Å²) < 4.78 is 177. The molecule has 4 bridgehead atoms. The first-order valence-electron chi connectivity index (χ1n) is 12.4. The van der Waals surface area contributed by atoms with Crippen LogP contribution in [0.15, 0.2) is 0 Å². The number of halogens is 10. The lowest BCUT2D eigenvalue weighted by molar-refractivity contribution is -0.361. The van der Waals surface area contributed by atoms with E-state index in [1.807, 2.05) is 0 Å². The van der Waals surface area contributed by atoms with Gasteiger partial charge >= 0.3 is 51.4 Å². The number of esters is 2. The van der Waals surface area contributed by atoms with E-state index in [-0.39, 0.29) is 37.0 Å². The minimum atomic E-state index is -6.58. The Morgan fingerprint density at radius 3 is 1.73 bits per heavy atom. The third kappa shape index (κ3) is 6.86. The fourth-order valence-corrected chi connectivity index (χ4v) is 6.71. The Morgan fingerprint density at radius 2 is 1.32 bits per heavy atom. The summed E-state index contributed by atoms with van der Waals surface area (Å²) in [5, 5.41) is -5.95. The van der Waals surface area contributed by atoms with E-state index in [4.69, 9.17) is 4.55 Å². The van der Waals surface area contributed by atoms with Crippen molar-refractivity contribution in [2.24, 2.45) is 23.2 Å². The van der Waals surface area contributed by atoms with Gasteiger partial charge in [0.15, 0.2) is 6.61 Å². The van der Waals surface area contributed by atoms with E-state index in [0.717, 1.165) is 19.3 Å². The van der Waals surface area contributed by atoms with Crippen molar-refractivity contribution in [2.75, 3.05) is 13.2 Å². The van der Waals surface area contributed by atoms with Crippen molar-refractivity contribution in [3.8, 4) is 0 Å². The zero-order valence-electron chi connectivity index (χ0n) is 21.0. The Bertz CT molecular complexity index is 1070. The highest BCUT2D eigenvalue weighted by Gasteiger charge is 2.70. The minimum absolute atomic E-state index is 0.0188. The standard InChI is InChI=1S/C22H26F10O8S/c23-18(24,22(31,32)41(35,36)37)3-1-2-4-39-20(21(28,29)30,16(34)38-11-19(25,26)27)40-15(33)17-8-12-5-13(9-17)7-14(6-12)10-17/h12-14H,1-11H2,(H,35,36,37). The van der Waals surface area contributed by atoms with E-state index in [9.17, 15) is 61.9 Å². The zero-order chi connectivity index (χ0) is 31.3. The van der Waals surface area contributed by atoms with Crippen molar-refractivity contribution < 1.29 is 80.7 Å². The Balaban J connectivity index is 1.80. The molecular formula is C22H26F10O8S. The van der Waals surface area contributed by atoms with Crippen molar-refractivity contribution in [2.45, 2.75) is 87.1 Å². The molecule has 0 aromatic carbocycles. The molecule has 4 aliphatic rings. The molecule has 0 radical (unpaired) electrons. The number of hydrogen-bond acceptors (Lipinski definition) is 7. The van der Waals surface area contributed by atoms with Gasteiger partial charge in [-0.3, -0.25) is 9.35 Å². The molecule has 4 fully saturated rings. The van der Waals surface area contributed by atoms with Crippen molar-refractivity contribution >= 4 is 22.1 Å². The average molecular weight is 640 g/mol. The van der Waals surface area contributed by atoms with E-state index in [0.29, 0.717) is 0 Å². The summed E-state index contributed by atoms with van der Waals surface area (Å²) >= 11 is 0. The van der Waals surface area contributed by atoms with Crippen molar-refractivity contribution in [3.63, 3.8) is 0 Å². The van der Waals surface area contributed by atoms with Crippen molar-refractivity contribution in [1.82, 2.24) is 0 Å². The normalized spacial score (nSPS) is 28.3. The Labute approximate surface area is 226 Å². The first-order valence-corrected chi connectivity index (χ1v) is 13.8. The van der Waals surface area contributed by atoms with E-state index < -0.39 is 89.3 Å². The second kappa shape index (κ2) is 11.0. The van der Waals surface area contributed by atoms with Gasteiger partial charge in [-0.25, -0.2) is 4.79 Å². The maximum atomic E-state index is 14.3. The second-order valence-electron chi connectivity index (χ2n) is 10.9. The number of ether oxygens (including phenoxy) is 3. The molecule has 0 aromatic heterocycles. The smallest absolute Gasteiger partial charge is 0.451 e. The van der Waals surface area contributed by atoms with Gasteiger partial charge in [-0.05, 0) is 69.1 Å². The molecule has 41 heavy (non-hydrogen) atoms. The zero-order valence-corrected chi connectivity index (χ0v) is 21.8. The van der Waals surface area contributed by atoms with Gasteiger partial charge < -0.3 is 14.2 Å². The molecule has 238 valence electrons. The predicted molar refractivity (Wildman–Crippen MR) is 114 cm³/mol.